The first-order valence-electron chi connectivity index (χ1n) is 30.1. The zero-order valence-electron chi connectivity index (χ0n) is 46.2. The summed E-state index contributed by atoms with van der Waals surface area (Å²) in [6, 6.07) is 0. The molecule has 0 rings (SSSR count). The molecule has 0 radical (unpaired) electrons. The highest BCUT2D eigenvalue weighted by Crippen LogP contribution is 2.19. The van der Waals surface area contributed by atoms with Gasteiger partial charge in [0.05, 0.1) is 0 Å². The van der Waals surface area contributed by atoms with Crippen LogP contribution in [0, 0.1) is 17.8 Å². The molecule has 0 bridgehead atoms. The Kier molecular flexibility index (Phi) is 51.0. The van der Waals surface area contributed by atoms with Gasteiger partial charge >= 0.3 is 17.9 Å². The fraction of sp³-hybridized carbons (Fsp3) is 0.951. The lowest BCUT2D eigenvalue weighted by atomic mass is 9.99. The molecule has 0 aliphatic rings. The topological polar surface area (TPSA) is 78.9 Å². The summed E-state index contributed by atoms with van der Waals surface area (Å²) in [5.41, 5.74) is 0. The van der Waals surface area contributed by atoms with Crippen LogP contribution in [-0.4, -0.2) is 37.2 Å². The Labute approximate surface area is 418 Å². The van der Waals surface area contributed by atoms with Crippen molar-refractivity contribution in [2.24, 2.45) is 17.8 Å². The molecule has 0 amide bonds. The van der Waals surface area contributed by atoms with E-state index in [1.54, 1.807) is 0 Å². The number of ether oxygens (including phenoxy) is 3. The summed E-state index contributed by atoms with van der Waals surface area (Å²) in [7, 11) is 0. The third kappa shape index (κ3) is 53.6. The molecule has 0 aliphatic carbocycles. The molecule has 6 heteroatoms. The maximum Gasteiger partial charge on any atom is 0.306 e. The molecule has 1 unspecified atom stereocenters. The molecule has 0 aliphatic heterocycles. The summed E-state index contributed by atoms with van der Waals surface area (Å²) in [5, 5.41) is 0. The van der Waals surface area contributed by atoms with E-state index in [0.29, 0.717) is 19.3 Å². The van der Waals surface area contributed by atoms with E-state index in [1.165, 1.54) is 218 Å². The third-order valence-corrected chi connectivity index (χ3v) is 14.3. The average Bonchev–Trinajstić information content (AvgIpc) is 3.30. The number of rotatable bonds is 54. The summed E-state index contributed by atoms with van der Waals surface area (Å²) >= 11 is 0. The van der Waals surface area contributed by atoms with Gasteiger partial charge in [-0.1, -0.05) is 298 Å². The zero-order chi connectivity index (χ0) is 49.1. The van der Waals surface area contributed by atoms with Crippen LogP contribution in [0.4, 0.5) is 0 Å². The van der Waals surface area contributed by atoms with E-state index in [4.69, 9.17) is 14.2 Å². The normalized spacial score (nSPS) is 12.5. The Morgan fingerprint density at radius 2 is 0.522 bits per heavy atom. The second kappa shape index (κ2) is 52.2. The fourth-order valence-corrected chi connectivity index (χ4v) is 9.32. The number of hydrogen-bond donors (Lipinski definition) is 0. The highest BCUT2D eigenvalue weighted by Gasteiger charge is 2.19. The molecule has 6 nitrogen and oxygen atoms in total. The van der Waals surface area contributed by atoms with E-state index < -0.39 is 6.10 Å². The number of esters is 3. The van der Waals surface area contributed by atoms with Crippen LogP contribution in [0.15, 0.2) is 0 Å². The van der Waals surface area contributed by atoms with Gasteiger partial charge in [0.2, 0.25) is 0 Å². The SMILES string of the molecule is CCC(C)CCCCCCCCCCC(=O)OC[C@H](COC(=O)CCCCCCCCCCCCCCCCCCC(C)C)OC(=O)CCCCCCCCCCCCCCCCCC(C)C. The standard InChI is InChI=1S/C61H118O6/c1-7-57(6)49-43-37-31-27-28-33-39-45-51-60(63)66-54-58(67-61(64)52-46-40-34-26-22-18-14-10-12-16-20-24-30-36-42-48-56(4)5)53-65-59(62)50-44-38-32-25-21-17-13-9-8-11-15-19-23-29-35-41-47-55(2)3/h55-58H,7-54H2,1-6H3/t57?,58-/m0/s1. The van der Waals surface area contributed by atoms with Crippen molar-refractivity contribution in [3.8, 4) is 0 Å². The Hall–Kier alpha value is -1.59. The molecule has 0 fully saturated rings. The maximum absolute atomic E-state index is 12.9. The lowest BCUT2D eigenvalue weighted by Gasteiger charge is -2.18. The van der Waals surface area contributed by atoms with Crippen molar-refractivity contribution >= 4 is 17.9 Å². The molecule has 0 aromatic carbocycles. The van der Waals surface area contributed by atoms with Crippen molar-refractivity contribution in [1.29, 1.82) is 0 Å². The fourth-order valence-electron chi connectivity index (χ4n) is 9.32. The van der Waals surface area contributed by atoms with Crippen molar-refractivity contribution in [1.82, 2.24) is 0 Å². The van der Waals surface area contributed by atoms with E-state index in [9.17, 15) is 14.4 Å². The van der Waals surface area contributed by atoms with Crippen LogP contribution in [-0.2, 0) is 28.6 Å². The first-order valence-corrected chi connectivity index (χ1v) is 30.1. The molecule has 2 atom stereocenters. The molecule has 398 valence electrons. The monoisotopic (exact) mass is 947 g/mol. The molecule has 67 heavy (non-hydrogen) atoms. The Morgan fingerprint density at radius 3 is 0.776 bits per heavy atom. The minimum absolute atomic E-state index is 0.0634. The van der Waals surface area contributed by atoms with Crippen molar-refractivity contribution in [2.45, 2.75) is 343 Å². The van der Waals surface area contributed by atoms with Crippen molar-refractivity contribution in [2.75, 3.05) is 13.2 Å². The molecule has 0 spiro atoms. The van der Waals surface area contributed by atoms with Gasteiger partial charge in [-0.2, -0.15) is 0 Å². The zero-order valence-corrected chi connectivity index (χ0v) is 46.2. The lowest BCUT2D eigenvalue weighted by molar-refractivity contribution is -0.167. The molecular formula is C61H118O6. The number of hydrogen-bond acceptors (Lipinski definition) is 6. The van der Waals surface area contributed by atoms with Crippen LogP contribution in [0.25, 0.3) is 0 Å². The van der Waals surface area contributed by atoms with Gasteiger partial charge in [0.1, 0.15) is 13.2 Å². The summed E-state index contributed by atoms with van der Waals surface area (Å²) < 4.78 is 16.9. The second-order valence-corrected chi connectivity index (χ2v) is 22.2. The molecular weight excluding hydrogens is 829 g/mol. The minimum atomic E-state index is -0.764. The van der Waals surface area contributed by atoms with Gasteiger partial charge in [-0.3, -0.25) is 14.4 Å². The van der Waals surface area contributed by atoms with Crippen LogP contribution in [0.5, 0.6) is 0 Å². The first-order chi connectivity index (χ1) is 32.6. The highest BCUT2D eigenvalue weighted by molar-refractivity contribution is 5.71. The molecule has 0 heterocycles. The van der Waals surface area contributed by atoms with E-state index in [1.807, 2.05) is 0 Å². The molecule has 0 aromatic rings. The van der Waals surface area contributed by atoms with Crippen molar-refractivity contribution in [3.05, 3.63) is 0 Å². The quantitative estimate of drug-likeness (QED) is 0.0343. The van der Waals surface area contributed by atoms with Crippen LogP contribution < -0.4 is 0 Å². The number of carbonyl (C=O) groups is 3. The molecule has 0 saturated heterocycles. The Bertz CT molecular complexity index is 1040. The maximum atomic E-state index is 12.9. The summed E-state index contributed by atoms with van der Waals surface area (Å²) in [4.78, 5) is 38.2. The smallest absolute Gasteiger partial charge is 0.306 e. The van der Waals surface area contributed by atoms with E-state index in [0.717, 1.165) is 75.5 Å². The predicted octanol–water partition coefficient (Wildman–Crippen LogP) is 19.9. The average molecular weight is 948 g/mol. The second-order valence-electron chi connectivity index (χ2n) is 22.2. The Morgan fingerprint density at radius 1 is 0.299 bits per heavy atom. The summed E-state index contributed by atoms with van der Waals surface area (Å²) in [6.07, 6.45) is 55.2. The van der Waals surface area contributed by atoms with Gasteiger partial charge in [-0.25, -0.2) is 0 Å². The summed E-state index contributed by atoms with van der Waals surface area (Å²) in [5.74, 6) is 1.71. The molecule has 0 saturated carbocycles. The van der Waals surface area contributed by atoms with Gasteiger partial charge in [0.15, 0.2) is 6.10 Å². The van der Waals surface area contributed by atoms with Gasteiger partial charge in [-0.05, 0) is 37.0 Å². The van der Waals surface area contributed by atoms with E-state index in [-0.39, 0.29) is 31.1 Å². The van der Waals surface area contributed by atoms with Gasteiger partial charge in [-0.15, -0.1) is 0 Å². The highest BCUT2D eigenvalue weighted by atomic mass is 16.6. The van der Waals surface area contributed by atoms with Crippen LogP contribution in [0.1, 0.15) is 337 Å². The van der Waals surface area contributed by atoms with Crippen molar-refractivity contribution in [3.63, 3.8) is 0 Å². The minimum Gasteiger partial charge on any atom is -0.462 e. The first kappa shape index (κ1) is 65.4. The van der Waals surface area contributed by atoms with Crippen LogP contribution in [0.3, 0.4) is 0 Å². The lowest BCUT2D eigenvalue weighted by Crippen LogP contribution is -2.30. The van der Waals surface area contributed by atoms with E-state index >= 15 is 0 Å². The third-order valence-electron chi connectivity index (χ3n) is 14.3. The number of carbonyl (C=O) groups excluding carboxylic acids is 3. The molecule has 0 N–H and O–H groups in total. The predicted molar refractivity (Wildman–Crippen MR) is 289 cm³/mol. The number of unbranched alkanes of at least 4 members (excludes halogenated alkanes) is 36. The van der Waals surface area contributed by atoms with Gasteiger partial charge < -0.3 is 14.2 Å². The van der Waals surface area contributed by atoms with E-state index in [2.05, 4.69) is 41.5 Å². The van der Waals surface area contributed by atoms with Crippen LogP contribution >= 0.6 is 0 Å². The Balaban J connectivity index is 4.27. The van der Waals surface area contributed by atoms with Gasteiger partial charge in [0.25, 0.3) is 0 Å². The molecule has 0 aromatic heterocycles. The largest absolute Gasteiger partial charge is 0.462 e. The van der Waals surface area contributed by atoms with Crippen LogP contribution in [0.2, 0.25) is 0 Å². The summed E-state index contributed by atoms with van der Waals surface area (Å²) in [6.45, 7) is 13.8. The van der Waals surface area contributed by atoms with Crippen molar-refractivity contribution < 1.29 is 28.6 Å². The van der Waals surface area contributed by atoms with Gasteiger partial charge in [0, 0.05) is 19.3 Å².